The molecule has 0 saturated heterocycles. The Morgan fingerprint density at radius 3 is 2.81 bits per heavy atom. The van der Waals surface area contributed by atoms with Crippen LogP contribution in [0, 0.1) is 0 Å². The number of aromatic nitrogens is 2. The highest BCUT2D eigenvalue weighted by Crippen LogP contribution is 2.42. The molecule has 2 aliphatic heterocycles. The number of halogens is 1. The number of benzene rings is 1. The molecule has 2 aliphatic rings. The van der Waals surface area contributed by atoms with Crippen LogP contribution in [0.1, 0.15) is 36.3 Å². The van der Waals surface area contributed by atoms with Gasteiger partial charge in [0.05, 0.1) is 35.7 Å². The monoisotopic (exact) mass is 444 g/mol. The molecule has 162 valence electrons. The molecule has 1 aromatic carbocycles. The van der Waals surface area contributed by atoms with Gasteiger partial charge >= 0.3 is 5.97 Å². The summed E-state index contributed by atoms with van der Waals surface area (Å²) in [6, 6.07) is 11.1. The van der Waals surface area contributed by atoms with Crippen LogP contribution in [0.5, 0.6) is 0 Å². The Morgan fingerprint density at radius 1 is 1.29 bits per heavy atom. The largest absolute Gasteiger partial charge is 0.458 e. The molecule has 2 atom stereocenters. The molecule has 1 unspecified atom stereocenters. The summed E-state index contributed by atoms with van der Waals surface area (Å²) in [7, 11) is 0. The molecule has 0 bridgehead atoms. The summed E-state index contributed by atoms with van der Waals surface area (Å²) in [4.78, 5) is 30.5. The number of carbonyl (C=O) groups is 1. The highest BCUT2D eigenvalue weighted by atomic mass is 35.5. The first-order chi connectivity index (χ1) is 14.5. The zero-order chi connectivity index (χ0) is 21.0. The second-order valence-electron chi connectivity index (χ2n) is 7.45. The van der Waals surface area contributed by atoms with Crippen molar-refractivity contribution in [3.63, 3.8) is 0 Å². The van der Waals surface area contributed by atoms with Gasteiger partial charge in [0.1, 0.15) is 6.61 Å². The highest BCUT2D eigenvalue weighted by molar-refractivity contribution is 5.86. The maximum absolute atomic E-state index is 13.4. The van der Waals surface area contributed by atoms with E-state index in [0.717, 1.165) is 10.9 Å². The number of nitrogens with zero attached hydrogens (tertiary/aromatic N) is 2. The number of para-hydroxylation sites is 1. The number of cyclic esters (lactones) is 1. The molecule has 2 aromatic heterocycles. The molecule has 0 amide bonds. The maximum Gasteiger partial charge on any atom is 0.343 e. The van der Waals surface area contributed by atoms with Crippen LogP contribution in [0.4, 0.5) is 0 Å². The van der Waals surface area contributed by atoms with Crippen LogP contribution in [-0.4, -0.2) is 38.9 Å². The first-order valence-electron chi connectivity index (χ1n) is 9.80. The van der Waals surface area contributed by atoms with E-state index >= 15 is 0 Å². The summed E-state index contributed by atoms with van der Waals surface area (Å²) in [5, 5.41) is 21.1. The lowest BCUT2D eigenvalue weighted by molar-refractivity contribution is -0.172. The highest BCUT2D eigenvalue weighted by Gasteiger charge is 2.46. The third-order valence-electron chi connectivity index (χ3n) is 5.85. The number of ether oxygens (including phenoxy) is 2. The molecular weight excluding hydrogens is 424 g/mol. The Kier molecular flexibility index (Phi) is 5.35. The molecule has 3 aromatic rings. The van der Waals surface area contributed by atoms with Crippen molar-refractivity contribution in [1.82, 2.24) is 9.55 Å². The van der Waals surface area contributed by atoms with Gasteiger partial charge in [0.15, 0.2) is 11.8 Å². The van der Waals surface area contributed by atoms with Gasteiger partial charge in [-0.05, 0) is 24.6 Å². The van der Waals surface area contributed by atoms with Crippen molar-refractivity contribution in [3.05, 3.63) is 63.4 Å². The lowest BCUT2D eigenvalue weighted by atomic mass is 9.86. The molecule has 0 radical (unpaired) electrons. The lowest BCUT2D eigenvalue weighted by Crippen LogP contribution is -2.44. The predicted octanol–water partition coefficient (Wildman–Crippen LogP) is 2.01. The van der Waals surface area contributed by atoms with Crippen molar-refractivity contribution in [2.45, 2.75) is 31.8 Å². The minimum absolute atomic E-state index is 0. The van der Waals surface area contributed by atoms with Crippen molar-refractivity contribution >= 4 is 29.3 Å². The molecule has 0 fully saturated rings. The van der Waals surface area contributed by atoms with Gasteiger partial charge in [0.25, 0.3) is 5.56 Å². The van der Waals surface area contributed by atoms with E-state index in [2.05, 4.69) is 0 Å². The first-order valence-corrected chi connectivity index (χ1v) is 9.80. The van der Waals surface area contributed by atoms with Gasteiger partial charge in [-0.1, -0.05) is 25.1 Å². The molecule has 0 spiro atoms. The number of fused-ring (bicyclic) bond motifs is 5. The fourth-order valence-electron chi connectivity index (χ4n) is 4.28. The summed E-state index contributed by atoms with van der Waals surface area (Å²) < 4.78 is 12.4. The predicted molar refractivity (Wildman–Crippen MR) is 114 cm³/mol. The van der Waals surface area contributed by atoms with Gasteiger partial charge in [-0.3, -0.25) is 9.36 Å². The van der Waals surface area contributed by atoms with Crippen molar-refractivity contribution < 1.29 is 24.5 Å². The molecule has 31 heavy (non-hydrogen) atoms. The molecule has 0 saturated carbocycles. The van der Waals surface area contributed by atoms with E-state index in [9.17, 15) is 19.8 Å². The lowest BCUT2D eigenvalue weighted by Gasteiger charge is -2.32. The van der Waals surface area contributed by atoms with Gasteiger partial charge in [-0.2, -0.15) is 0 Å². The van der Waals surface area contributed by atoms with Crippen LogP contribution in [0.2, 0.25) is 0 Å². The fraction of sp³-hybridized carbons (Fsp3) is 0.318. The van der Waals surface area contributed by atoms with Crippen LogP contribution in [0.25, 0.3) is 22.3 Å². The van der Waals surface area contributed by atoms with Crippen molar-refractivity contribution in [1.29, 1.82) is 0 Å². The smallest absolute Gasteiger partial charge is 0.343 e. The zero-order valence-corrected chi connectivity index (χ0v) is 17.5. The molecule has 4 heterocycles. The second kappa shape index (κ2) is 7.72. The van der Waals surface area contributed by atoms with Crippen LogP contribution in [-0.2, 0) is 26.5 Å². The van der Waals surface area contributed by atoms with E-state index in [4.69, 9.17) is 14.5 Å². The number of aliphatic hydroxyl groups excluding tert-OH is 1. The molecular formula is C22H21ClN2O6. The Bertz CT molecular complexity index is 1260. The Labute approximate surface area is 183 Å². The average molecular weight is 445 g/mol. The van der Waals surface area contributed by atoms with E-state index in [-0.39, 0.29) is 49.8 Å². The number of pyridine rings is 2. The second-order valence-corrected chi connectivity index (χ2v) is 7.45. The minimum atomic E-state index is -1.89. The zero-order valence-electron chi connectivity index (χ0n) is 16.7. The van der Waals surface area contributed by atoms with Crippen LogP contribution in [0.15, 0.2) is 41.2 Å². The van der Waals surface area contributed by atoms with E-state index in [1.165, 1.54) is 4.57 Å². The topological polar surface area (TPSA) is 111 Å². The van der Waals surface area contributed by atoms with E-state index in [1.54, 1.807) is 13.0 Å². The maximum atomic E-state index is 13.4. The standard InChI is InChI=1S/C22H20N2O6.ClH/c1-2-22(28)15-10-17-18-13(9-12-5-3-4-6-16(12)23-18)20(29-8-7-25)24(17)19(26)14(15)11-30-21(22)27;/h3-6,9-10,20,25,28H,2,7-8,11H2,1H3;1H/t20?,22-;/m0./s1. The van der Waals surface area contributed by atoms with Crippen molar-refractivity contribution in [3.8, 4) is 11.4 Å². The van der Waals surface area contributed by atoms with Crippen molar-refractivity contribution in [2.24, 2.45) is 0 Å². The molecule has 0 aliphatic carbocycles. The molecule has 8 nitrogen and oxygen atoms in total. The molecule has 5 rings (SSSR count). The normalized spacial score (nSPS) is 21.1. The van der Waals surface area contributed by atoms with Gasteiger partial charge in [-0.25, -0.2) is 9.78 Å². The van der Waals surface area contributed by atoms with Crippen LogP contribution >= 0.6 is 12.4 Å². The number of carbonyl (C=O) groups excluding carboxylic acids is 1. The molecule has 2 N–H and O–H groups in total. The van der Waals surface area contributed by atoms with E-state index in [1.807, 2.05) is 30.3 Å². The van der Waals surface area contributed by atoms with Gasteiger partial charge in [0, 0.05) is 16.5 Å². The summed E-state index contributed by atoms with van der Waals surface area (Å²) in [5.74, 6) is -0.764. The van der Waals surface area contributed by atoms with Gasteiger partial charge < -0.3 is 19.7 Å². The number of aliphatic hydroxyl groups is 2. The summed E-state index contributed by atoms with van der Waals surface area (Å²) in [5.41, 5.74) is 0.627. The number of hydrogen-bond acceptors (Lipinski definition) is 7. The third kappa shape index (κ3) is 2.98. The summed E-state index contributed by atoms with van der Waals surface area (Å²) in [6.45, 7) is 1.28. The summed E-state index contributed by atoms with van der Waals surface area (Å²) in [6.07, 6.45) is -0.700. The summed E-state index contributed by atoms with van der Waals surface area (Å²) >= 11 is 0. The van der Waals surface area contributed by atoms with Gasteiger partial charge in [0.2, 0.25) is 0 Å². The Hall–Kier alpha value is -2.78. The number of rotatable bonds is 4. The minimum Gasteiger partial charge on any atom is -0.458 e. The number of hydrogen-bond donors (Lipinski definition) is 2. The Balaban J connectivity index is 0.00000231. The fourth-order valence-corrected chi connectivity index (χ4v) is 4.28. The van der Waals surface area contributed by atoms with Crippen LogP contribution in [0.3, 0.4) is 0 Å². The SMILES string of the molecule is CC[C@@]1(O)C(=O)OCc2c1cc1n(c2=O)C(OCCO)c2cc3ccccc3nc2-1.Cl. The third-order valence-corrected chi connectivity index (χ3v) is 5.85. The number of esters is 1. The van der Waals surface area contributed by atoms with E-state index < -0.39 is 23.4 Å². The van der Waals surface area contributed by atoms with E-state index in [0.29, 0.717) is 17.0 Å². The van der Waals surface area contributed by atoms with Crippen molar-refractivity contribution in [2.75, 3.05) is 13.2 Å². The molecule has 9 heteroatoms. The van der Waals surface area contributed by atoms with Crippen LogP contribution < -0.4 is 5.56 Å². The quantitative estimate of drug-likeness (QED) is 0.592. The average Bonchev–Trinajstić information content (AvgIpc) is 3.06. The Morgan fingerprint density at radius 2 is 2.06 bits per heavy atom. The van der Waals surface area contributed by atoms with Gasteiger partial charge in [-0.15, -0.1) is 12.4 Å². The first kappa shape index (κ1) is 21.5.